The molecule has 1 saturated heterocycles. The quantitative estimate of drug-likeness (QED) is 0.825. The molecular formula is C12H13NO3. The summed E-state index contributed by atoms with van der Waals surface area (Å²) in [5, 5.41) is 10.7. The summed E-state index contributed by atoms with van der Waals surface area (Å²) in [6.07, 6.45) is 2.81. The van der Waals surface area contributed by atoms with Crippen molar-refractivity contribution < 1.29 is 14.7 Å². The van der Waals surface area contributed by atoms with Crippen LogP contribution in [0.3, 0.4) is 0 Å². The van der Waals surface area contributed by atoms with Crippen molar-refractivity contribution in [2.45, 2.75) is 25.4 Å². The van der Waals surface area contributed by atoms with Crippen molar-refractivity contribution in [3.8, 4) is 5.75 Å². The summed E-state index contributed by atoms with van der Waals surface area (Å²) in [7, 11) is 0. The number of hydrogen-bond acceptors (Lipinski definition) is 3. The van der Waals surface area contributed by atoms with Gasteiger partial charge in [-0.2, -0.15) is 5.06 Å². The molecule has 84 valence electrons. The molecule has 2 aliphatic rings. The SMILES string of the molecule is O=C1CC(C2CC2)ON1c1cccc(O)c1. The lowest BCUT2D eigenvalue weighted by Crippen LogP contribution is -2.23. The summed E-state index contributed by atoms with van der Waals surface area (Å²) < 4.78 is 0. The Kier molecular flexibility index (Phi) is 2.11. The minimum atomic E-state index is -0.0255. The number of hydrogen-bond donors (Lipinski definition) is 1. The molecule has 1 heterocycles. The van der Waals surface area contributed by atoms with Crippen LogP contribution in [0.25, 0.3) is 0 Å². The van der Waals surface area contributed by atoms with Crippen molar-refractivity contribution in [1.29, 1.82) is 0 Å². The van der Waals surface area contributed by atoms with Gasteiger partial charge in [-0.3, -0.25) is 9.63 Å². The van der Waals surface area contributed by atoms with Gasteiger partial charge < -0.3 is 5.11 Å². The standard InChI is InChI=1S/C12H13NO3/c14-10-3-1-2-9(6-10)13-12(15)7-11(16-13)8-4-5-8/h1-3,6,8,11,14H,4-5,7H2. The summed E-state index contributed by atoms with van der Waals surface area (Å²) in [4.78, 5) is 17.4. The summed E-state index contributed by atoms with van der Waals surface area (Å²) in [6.45, 7) is 0. The monoisotopic (exact) mass is 219 g/mol. The largest absolute Gasteiger partial charge is 0.508 e. The van der Waals surface area contributed by atoms with Crippen LogP contribution in [0.1, 0.15) is 19.3 Å². The first-order chi connectivity index (χ1) is 7.74. The first-order valence-electron chi connectivity index (χ1n) is 5.53. The molecule has 1 N–H and O–H groups in total. The van der Waals surface area contributed by atoms with E-state index in [1.165, 1.54) is 11.1 Å². The normalized spacial score (nSPS) is 25.1. The summed E-state index contributed by atoms with van der Waals surface area (Å²) in [5.41, 5.74) is 0.605. The fourth-order valence-electron chi connectivity index (χ4n) is 2.03. The average molecular weight is 219 g/mol. The zero-order valence-electron chi connectivity index (χ0n) is 8.80. The van der Waals surface area contributed by atoms with Gasteiger partial charge in [0.25, 0.3) is 5.91 Å². The smallest absolute Gasteiger partial charge is 0.253 e. The Bertz CT molecular complexity index is 428. The highest BCUT2D eigenvalue weighted by atomic mass is 16.7. The van der Waals surface area contributed by atoms with Crippen molar-refractivity contribution in [2.24, 2.45) is 5.92 Å². The molecule has 1 aliphatic carbocycles. The van der Waals surface area contributed by atoms with E-state index in [-0.39, 0.29) is 17.8 Å². The number of carbonyl (C=O) groups excluding carboxylic acids is 1. The molecule has 2 fully saturated rings. The van der Waals surface area contributed by atoms with Gasteiger partial charge in [-0.1, -0.05) is 6.07 Å². The predicted molar refractivity (Wildman–Crippen MR) is 57.8 cm³/mol. The van der Waals surface area contributed by atoms with E-state index in [2.05, 4.69) is 0 Å². The van der Waals surface area contributed by atoms with Crippen molar-refractivity contribution in [2.75, 3.05) is 5.06 Å². The lowest BCUT2D eigenvalue weighted by molar-refractivity contribution is -0.119. The zero-order valence-corrected chi connectivity index (χ0v) is 8.80. The fraction of sp³-hybridized carbons (Fsp3) is 0.417. The van der Waals surface area contributed by atoms with Crippen LogP contribution in [-0.4, -0.2) is 17.1 Å². The Morgan fingerprint density at radius 2 is 2.19 bits per heavy atom. The second-order valence-electron chi connectivity index (χ2n) is 4.39. The number of phenolic OH excluding ortho intramolecular Hbond substituents is 1. The number of amides is 1. The molecule has 1 atom stereocenters. The molecule has 16 heavy (non-hydrogen) atoms. The third-order valence-electron chi connectivity index (χ3n) is 3.06. The van der Waals surface area contributed by atoms with E-state index in [0.29, 0.717) is 18.0 Å². The Labute approximate surface area is 93.4 Å². The third-order valence-corrected chi connectivity index (χ3v) is 3.06. The van der Waals surface area contributed by atoms with Crippen molar-refractivity contribution in [3.63, 3.8) is 0 Å². The van der Waals surface area contributed by atoms with Gasteiger partial charge in [-0.05, 0) is 30.9 Å². The minimum absolute atomic E-state index is 0.0255. The van der Waals surface area contributed by atoms with Crippen molar-refractivity contribution in [1.82, 2.24) is 0 Å². The van der Waals surface area contributed by atoms with Crippen LogP contribution in [-0.2, 0) is 9.63 Å². The molecule has 1 saturated carbocycles. The Morgan fingerprint density at radius 1 is 1.38 bits per heavy atom. The molecule has 1 aromatic rings. The highest BCUT2D eigenvalue weighted by Crippen LogP contribution is 2.40. The molecule has 0 bridgehead atoms. The number of nitrogens with zero attached hydrogens (tertiary/aromatic N) is 1. The molecule has 1 aromatic carbocycles. The van der Waals surface area contributed by atoms with E-state index in [4.69, 9.17) is 4.84 Å². The molecule has 0 aromatic heterocycles. The second-order valence-corrected chi connectivity index (χ2v) is 4.39. The number of aromatic hydroxyl groups is 1. The number of hydroxylamine groups is 1. The summed E-state index contributed by atoms with van der Waals surface area (Å²) in [5.74, 6) is 0.664. The molecule has 3 rings (SSSR count). The molecule has 1 aliphatic heterocycles. The number of carbonyl (C=O) groups is 1. The van der Waals surface area contributed by atoms with Crippen LogP contribution in [0.2, 0.25) is 0 Å². The first-order valence-corrected chi connectivity index (χ1v) is 5.53. The summed E-state index contributed by atoms with van der Waals surface area (Å²) in [6, 6.07) is 6.56. The Balaban J connectivity index is 1.81. The number of anilines is 1. The molecular weight excluding hydrogens is 206 g/mol. The van der Waals surface area contributed by atoms with Crippen LogP contribution in [0.4, 0.5) is 5.69 Å². The number of benzene rings is 1. The van der Waals surface area contributed by atoms with Gasteiger partial charge in [0, 0.05) is 6.07 Å². The predicted octanol–water partition coefficient (Wildman–Crippen LogP) is 1.84. The van der Waals surface area contributed by atoms with Crippen LogP contribution in [0.5, 0.6) is 5.75 Å². The van der Waals surface area contributed by atoms with Crippen molar-refractivity contribution >= 4 is 11.6 Å². The second kappa shape index (κ2) is 3.49. The molecule has 0 radical (unpaired) electrons. The maximum absolute atomic E-state index is 11.7. The molecule has 4 nitrogen and oxygen atoms in total. The van der Waals surface area contributed by atoms with Gasteiger partial charge >= 0.3 is 0 Å². The first kappa shape index (κ1) is 9.66. The van der Waals surface area contributed by atoms with E-state index in [0.717, 1.165) is 12.8 Å². The van der Waals surface area contributed by atoms with Crippen LogP contribution >= 0.6 is 0 Å². The number of phenols is 1. The third kappa shape index (κ3) is 1.65. The van der Waals surface area contributed by atoms with Gasteiger partial charge in [0.2, 0.25) is 0 Å². The fourth-order valence-corrected chi connectivity index (χ4v) is 2.03. The van der Waals surface area contributed by atoms with E-state index in [9.17, 15) is 9.90 Å². The average Bonchev–Trinajstić information content (AvgIpc) is 3.02. The highest BCUT2D eigenvalue weighted by molar-refractivity contribution is 5.93. The van der Waals surface area contributed by atoms with Gasteiger partial charge in [-0.15, -0.1) is 0 Å². The van der Waals surface area contributed by atoms with Crippen LogP contribution < -0.4 is 5.06 Å². The zero-order chi connectivity index (χ0) is 11.1. The van der Waals surface area contributed by atoms with Gasteiger partial charge in [-0.25, -0.2) is 0 Å². The van der Waals surface area contributed by atoms with Crippen LogP contribution in [0.15, 0.2) is 24.3 Å². The van der Waals surface area contributed by atoms with Crippen molar-refractivity contribution in [3.05, 3.63) is 24.3 Å². The highest BCUT2D eigenvalue weighted by Gasteiger charge is 2.41. The molecule has 0 spiro atoms. The Hall–Kier alpha value is -1.55. The lowest BCUT2D eigenvalue weighted by Gasteiger charge is -2.16. The van der Waals surface area contributed by atoms with Crippen LogP contribution in [0, 0.1) is 5.92 Å². The minimum Gasteiger partial charge on any atom is -0.508 e. The van der Waals surface area contributed by atoms with Gasteiger partial charge in [0.1, 0.15) is 5.75 Å². The van der Waals surface area contributed by atoms with E-state index >= 15 is 0 Å². The maximum Gasteiger partial charge on any atom is 0.253 e. The van der Waals surface area contributed by atoms with E-state index < -0.39 is 0 Å². The molecule has 4 heteroatoms. The topological polar surface area (TPSA) is 49.8 Å². The van der Waals surface area contributed by atoms with Gasteiger partial charge in [0.05, 0.1) is 18.2 Å². The Morgan fingerprint density at radius 3 is 2.88 bits per heavy atom. The maximum atomic E-state index is 11.7. The molecule has 1 amide bonds. The van der Waals surface area contributed by atoms with E-state index in [1.807, 2.05) is 0 Å². The van der Waals surface area contributed by atoms with E-state index in [1.54, 1.807) is 18.2 Å². The van der Waals surface area contributed by atoms with Gasteiger partial charge in [0.15, 0.2) is 0 Å². The lowest BCUT2D eigenvalue weighted by atomic mass is 10.2. The molecule has 1 unspecified atom stereocenters. The number of rotatable bonds is 2. The summed E-state index contributed by atoms with van der Waals surface area (Å²) >= 11 is 0.